The average Bonchev–Trinajstić information content (AvgIpc) is 2.91. The van der Waals surface area contributed by atoms with Gasteiger partial charge in [-0.1, -0.05) is 12.1 Å². The quantitative estimate of drug-likeness (QED) is 0.812. The average molecular weight is 230 g/mol. The standard InChI is InChI=1S/C14H14O3/c15-13(12-10-5-6-11(12)7-10)8-1-3-9(4-2-8)14(16)17/h1-4,10-12H,5-7H2,(H,16,17). The van der Waals surface area contributed by atoms with E-state index in [9.17, 15) is 9.59 Å². The summed E-state index contributed by atoms with van der Waals surface area (Å²) < 4.78 is 0. The maximum atomic E-state index is 12.2. The Morgan fingerprint density at radius 3 is 2.00 bits per heavy atom. The van der Waals surface area contributed by atoms with Gasteiger partial charge in [-0.15, -0.1) is 0 Å². The number of benzene rings is 1. The summed E-state index contributed by atoms with van der Waals surface area (Å²) in [7, 11) is 0. The number of rotatable bonds is 3. The van der Waals surface area contributed by atoms with Crippen molar-refractivity contribution in [1.29, 1.82) is 0 Å². The lowest BCUT2D eigenvalue weighted by Crippen LogP contribution is -2.34. The largest absolute Gasteiger partial charge is 0.478 e. The molecule has 3 heteroatoms. The van der Waals surface area contributed by atoms with Crippen LogP contribution in [0.1, 0.15) is 40.0 Å². The fraction of sp³-hybridized carbons (Fsp3) is 0.429. The molecular formula is C14H14O3. The third-order valence-corrected chi connectivity index (χ3v) is 4.25. The number of carboxylic acid groups (broad SMARTS) is 1. The number of hydrogen-bond acceptors (Lipinski definition) is 2. The predicted molar refractivity (Wildman–Crippen MR) is 62.1 cm³/mol. The van der Waals surface area contributed by atoms with Crippen LogP contribution >= 0.6 is 0 Å². The minimum absolute atomic E-state index is 0.209. The molecule has 0 saturated heterocycles. The lowest BCUT2D eigenvalue weighted by Gasteiger charge is -2.34. The van der Waals surface area contributed by atoms with Crippen LogP contribution in [-0.4, -0.2) is 16.9 Å². The van der Waals surface area contributed by atoms with Crippen LogP contribution in [0.25, 0.3) is 0 Å². The van der Waals surface area contributed by atoms with E-state index in [0.717, 1.165) is 0 Å². The molecule has 3 aliphatic rings. The highest BCUT2D eigenvalue weighted by atomic mass is 16.4. The Morgan fingerprint density at radius 2 is 1.53 bits per heavy atom. The van der Waals surface area contributed by atoms with E-state index in [0.29, 0.717) is 17.4 Å². The number of aromatic carboxylic acids is 1. The molecule has 1 aromatic rings. The van der Waals surface area contributed by atoms with Crippen molar-refractivity contribution in [3.05, 3.63) is 35.4 Å². The van der Waals surface area contributed by atoms with Gasteiger partial charge in [0.15, 0.2) is 5.78 Å². The number of carboxylic acids is 1. The molecule has 0 aliphatic heterocycles. The lowest BCUT2D eigenvalue weighted by atomic mass is 9.69. The van der Waals surface area contributed by atoms with Crippen molar-refractivity contribution in [2.45, 2.75) is 19.3 Å². The normalized spacial score (nSPS) is 29.8. The Hall–Kier alpha value is -1.64. The molecule has 4 rings (SSSR count). The Bertz CT molecular complexity index is 461. The monoisotopic (exact) mass is 230 g/mol. The van der Waals surface area contributed by atoms with E-state index in [4.69, 9.17) is 5.11 Å². The van der Waals surface area contributed by atoms with Crippen LogP contribution < -0.4 is 0 Å². The summed E-state index contributed by atoms with van der Waals surface area (Å²) in [5, 5.41) is 8.79. The fourth-order valence-electron chi connectivity index (χ4n) is 3.29. The van der Waals surface area contributed by atoms with Gasteiger partial charge < -0.3 is 5.11 Å². The van der Waals surface area contributed by atoms with E-state index >= 15 is 0 Å². The Kier molecular flexibility index (Phi) is 2.28. The first-order valence-corrected chi connectivity index (χ1v) is 6.04. The Morgan fingerprint density at radius 1 is 1.00 bits per heavy atom. The van der Waals surface area contributed by atoms with Crippen LogP contribution in [0.5, 0.6) is 0 Å². The summed E-state index contributed by atoms with van der Waals surface area (Å²) in [6.45, 7) is 0. The third kappa shape index (κ3) is 1.57. The molecule has 17 heavy (non-hydrogen) atoms. The van der Waals surface area contributed by atoms with Gasteiger partial charge >= 0.3 is 5.97 Å². The van der Waals surface area contributed by atoms with Gasteiger partial charge in [-0.2, -0.15) is 0 Å². The van der Waals surface area contributed by atoms with E-state index in [2.05, 4.69) is 0 Å². The smallest absolute Gasteiger partial charge is 0.335 e. The number of Topliss-reactive ketones (excluding diaryl/α,β-unsaturated/α-hetero) is 1. The van der Waals surface area contributed by atoms with Crippen LogP contribution in [0.3, 0.4) is 0 Å². The second kappa shape index (κ2) is 3.69. The molecule has 0 aromatic heterocycles. The van der Waals surface area contributed by atoms with Gasteiger partial charge in [0.1, 0.15) is 0 Å². The first-order valence-electron chi connectivity index (χ1n) is 6.04. The summed E-state index contributed by atoms with van der Waals surface area (Å²) in [6, 6.07) is 6.30. The molecule has 88 valence electrons. The molecule has 3 nitrogen and oxygen atoms in total. The predicted octanol–water partition coefficient (Wildman–Crippen LogP) is 2.61. The first kappa shape index (κ1) is 10.5. The van der Waals surface area contributed by atoms with Crippen molar-refractivity contribution in [2.75, 3.05) is 0 Å². The van der Waals surface area contributed by atoms with E-state index in [1.54, 1.807) is 12.1 Å². The van der Waals surface area contributed by atoms with E-state index in [1.165, 1.54) is 31.4 Å². The molecule has 2 bridgehead atoms. The molecule has 0 amide bonds. The highest BCUT2D eigenvalue weighted by Gasteiger charge is 2.50. The Labute approximate surface area is 99.5 Å². The third-order valence-electron chi connectivity index (χ3n) is 4.25. The van der Waals surface area contributed by atoms with Gasteiger partial charge in [0.25, 0.3) is 0 Å². The number of carbonyl (C=O) groups excluding carboxylic acids is 1. The zero-order valence-electron chi connectivity index (χ0n) is 9.43. The number of carbonyl (C=O) groups is 2. The molecule has 3 saturated carbocycles. The van der Waals surface area contributed by atoms with Crippen LogP contribution in [0.2, 0.25) is 0 Å². The topological polar surface area (TPSA) is 54.4 Å². The van der Waals surface area contributed by atoms with Crippen molar-refractivity contribution in [3.63, 3.8) is 0 Å². The summed E-state index contributed by atoms with van der Waals surface area (Å²) in [5.74, 6) is 0.650. The zero-order chi connectivity index (χ0) is 12.0. The minimum atomic E-state index is -0.951. The SMILES string of the molecule is O=C(O)c1ccc(C(=O)C2C3CCC2C3)cc1. The maximum absolute atomic E-state index is 12.2. The second-order valence-corrected chi connectivity index (χ2v) is 5.11. The van der Waals surface area contributed by atoms with Gasteiger partial charge in [-0.05, 0) is 43.2 Å². The van der Waals surface area contributed by atoms with Crippen LogP contribution in [0.4, 0.5) is 0 Å². The molecular weight excluding hydrogens is 216 g/mol. The molecule has 2 atom stereocenters. The second-order valence-electron chi connectivity index (χ2n) is 5.11. The lowest BCUT2D eigenvalue weighted by molar-refractivity contribution is 0.0686. The Balaban J connectivity index is 1.80. The molecule has 3 fully saturated rings. The highest BCUT2D eigenvalue weighted by Crippen LogP contribution is 2.54. The summed E-state index contributed by atoms with van der Waals surface area (Å²) in [4.78, 5) is 22.9. The van der Waals surface area contributed by atoms with Gasteiger partial charge in [0, 0.05) is 11.5 Å². The van der Waals surface area contributed by atoms with Gasteiger partial charge in [-0.3, -0.25) is 4.79 Å². The summed E-state index contributed by atoms with van der Waals surface area (Å²) >= 11 is 0. The van der Waals surface area contributed by atoms with Crippen LogP contribution in [0.15, 0.2) is 24.3 Å². The number of ketones is 1. The number of hydrogen-bond donors (Lipinski definition) is 1. The number of fused-ring (bicyclic) bond motifs is 1. The van der Waals surface area contributed by atoms with E-state index in [-0.39, 0.29) is 17.3 Å². The molecule has 3 aliphatic carbocycles. The minimum Gasteiger partial charge on any atom is -0.478 e. The summed E-state index contributed by atoms with van der Waals surface area (Å²) in [6.07, 6.45) is 3.59. The fourth-order valence-corrected chi connectivity index (χ4v) is 3.29. The van der Waals surface area contributed by atoms with E-state index in [1.807, 2.05) is 0 Å². The summed E-state index contributed by atoms with van der Waals surface area (Å²) in [5.41, 5.74) is 0.898. The van der Waals surface area contributed by atoms with Crippen molar-refractivity contribution >= 4 is 11.8 Å². The highest BCUT2D eigenvalue weighted by molar-refractivity contribution is 6.00. The van der Waals surface area contributed by atoms with Crippen LogP contribution in [0, 0.1) is 17.8 Å². The van der Waals surface area contributed by atoms with Gasteiger partial charge in [0.2, 0.25) is 0 Å². The zero-order valence-corrected chi connectivity index (χ0v) is 9.43. The molecule has 0 spiro atoms. The van der Waals surface area contributed by atoms with Crippen molar-refractivity contribution in [3.8, 4) is 0 Å². The van der Waals surface area contributed by atoms with Crippen molar-refractivity contribution in [2.24, 2.45) is 17.8 Å². The molecule has 0 heterocycles. The van der Waals surface area contributed by atoms with Crippen LogP contribution in [-0.2, 0) is 0 Å². The van der Waals surface area contributed by atoms with E-state index < -0.39 is 5.97 Å². The van der Waals surface area contributed by atoms with Crippen molar-refractivity contribution in [1.82, 2.24) is 0 Å². The molecule has 2 unspecified atom stereocenters. The van der Waals surface area contributed by atoms with Crippen molar-refractivity contribution < 1.29 is 14.7 Å². The molecule has 1 N–H and O–H groups in total. The van der Waals surface area contributed by atoms with Gasteiger partial charge in [-0.25, -0.2) is 4.79 Å². The molecule has 0 radical (unpaired) electrons. The first-order chi connectivity index (χ1) is 8.16. The van der Waals surface area contributed by atoms with Gasteiger partial charge in [0.05, 0.1) is 5.56 Å². The maximum Gasteiger partial charge on any atom is 0.335 e. The molecule has 1 aromatic carbocycles.